The molecule has 0 aromatic carbocycles. The fourth-order valence-corrected chi connectivity index (χ4v) is 0.835. The first kappa shape index (κ1) is 5.10. The van der Waals surface area contributed by atoms with Crippen LogP contribution in [0.1, 0.15) is 19.3 Å². The van der Waals surface area contributed by atoms with Crippen LogP contribution in [0.3, 0.4) is 0 Å². The van der Waals surface area contributed by atoms with Gasteiger partial charge in [-0.25, -0.2) is 0 Å². The molecule has 0 unspecified atom stereocenters. The van der Waals surface area contributed by atoms with Gasteiger partial charge in [-0.1, -0.05) is 6.42 Å². The minimum absolute atomic E-state index is 0.0694. The molecule has 1 radical (unpaired) electrons. The van der Waals surface area contributed by atoms with Crippen LogP contribution < -0.4 is 0 Å². The van der Waals surface area contributed by atoms with Crippen molar-refractivity contribution in [2.75, 3.05) is 6.61 Å². The van der Waals surface area contributed by atoms with Crippen LogP contribution in [0.5, 0.6) is 0 Å². The maximum atomic E-state index is 8.58. The predicted octanol–water partition coefficient (Wildman–Crippen LogP) is 0.983. The number of aliphatic hydroxyl groups is 1. The molecule has 0 aliphatic heterocycles. The minimum atomic E-state index is 0.0694. The Bertz CT molecular complexity index is 59.1. The fraction of sp³-hybridized carbons (Fsp3) is 0.833. The lowest BCUT2D eigenvalue weighted by molar-refractivity contribution is 0.0895. The SMILES string of the molecule is [CH2]C1(CO)CCC1. The van der Waals surface area contributed by atoms with Gasteiger partial charge in [-0.2, -0.15) is 0 Å². The lowest BCUT2D eigenvalue weighted by Gasteiger charge is -2.35. The molecule has 41 valence electrons. The Balaban J connectivity index is 2.29. The lowest BCUT2D eigenvalue weighted by atomic mass is 9.71. The van der Waals surface area contributed by atoms with Gasteiger partial charge in [0.15, 0.2) is 0 Å². The molecule has 0 aromatic heterocycles. The van der Waals surface area contributed by atoms with E-state index in [9.17, 15) is 0 Å². The Morgan fingerprint density at radius 1 is 1.57 bits per heavy atom. The second kappa shape index (κ2) is 1.48. The molecule has 1 heteroatoms. The summed E-state index contributed by atoms with van der Waals surface area (Å²) < 4.78 is 0. The Kier molecular flexibility index (Phi) is 1.08. The summed E-state index contributed by atoms with van der Waals surface area (Å²) in [5, 5.41) is 8.58. The van der Waals surface area contributed by atoms with Crippen LogP contribution in [0, 0.1) is 12.3 Å². The highest BCUT2D eigenvalue weighted by Gasteiger charge is 2.30. The van der Waals surface area contributed by atoms with Crippen molar-refractivity contribution in [1.82, 2.24) is 0 Å². The fourth-order valence-electron chi connectivity index (χ4n) is 0.835. The first-order valence-electron chi connectivity index (χ1n) is 2.73. The molecule has 0 bridgehead atoms. The molecular formula is C6H11O. The van der Waals surface area contributed by atoms with E-state index in [1.165, 1.54) is 6.42 Å². The third-order valence-corrected chi connectivity index (χ3v) is 1.75. The van der Waals surface area contributed by atoms with Gasteiger partial charge in [0.05, 0.1) is 0 Å². The highest BCUT2D eigenvalue weighted by Crippen LogP contribution is 2.38. The van der Waals surface area contributed by atoms with Gasteiger partial charge < -0.3 is 5.11 Å². The molecule has 1 nitrogen and oxygen atoms in total. The van der Waals surface area contributed by atoms with E-state index in [-0.39, 0.29) is 12.0 Å². The van der Waals surface area contributed by atoms with Crippen molar-refractivity contribution in [2.24, 2.45) is 5.41 Å². The molecule has 0 spiro atoms. The molecule has 1 aliphatic rings. The van der Waals surface area contributed by atoms with Gasteiger partial charge in [0, 0.05) is 6.61 Å². The molecule has 0 heterocycles. The molecule has 1 N–H and O–H groups in total. The van der Waals surface area contributed by atoms with Crippen molar-refractivity contribution >= 4 is 0 Å². The smallest absolute Gasteiger partial charge is 0.0487 e. The van der Waals surface area contributed by atoms with Crippen LogP contribution in [-0.4, -0.2) is 11.7 Å². The normalized spacial score (nSPS) is 26.6. The Hall–Kier alpha value is -0.0400. The van der Waals surface area contributed by atoms with Crippen molar-refractivity contribution in [3.63, 3.8) is 0 Å². The zero-order chi connectivity index (χ0) is 5.33. The van der Waals surface area contributed by atoms with Crippen LogP contribution in [0.25, 0.3) is 0 Å². The highest BCUT2D eigenvalue weighted by molar-refractivity contribution is 4.88. The molecule has 1 rings (SSSR count). The summed E-state index contributed by atoms with van der Waals surface area (Å²) in [5.41, 5.74) is 0.0694. The van der Waals surface area contributed by atoms with E-state index >= 15 is 0 Å². The van der Waals surface area contributed by atoms with Crippen LogP contribution in [0.4, 0.5) is 0 Å². The van der Waals surface area contributed by atoms with Crippen LogP contribution in [0.15, 0.2) is 0 Å². The van der Waals surface area contributed by atoms with E-state index < -0.39 is 0 Å². The van der Waals surface area contributed by atoms with E-state index in [0.29, 0.717) is 0 Å². The van der Waals surface area contributed by atoms with Crippen molar-refractivity contribution < 1.29 is 5.11 Å². The maximum Gasteiger partial charge on any atom is 0.0487 e. The largest absolute Gasteiger partial charge is 0.396 e. The van der Waals surface area contributed by atoms with E-state index in [2.05, 4.69) is 6.92 Å². The molecular weight excluding hydrogens is 88.1 g/mol. The lowest BCUT2D eigenvalue weighted by Crippen LogP contribution is -2.29. The Labute approximate surface area is 44.4 Å². The number of rotatable bonds is 1. The van der Waals surface area contributed by atoms with Crippen molar-refractivity contribution in [3.8, 4) is 0 Å². The summed E-state index contributed by atoms with van der Waals surface area (Å²) in [5.74, 6) is 0. The summed E-state index contributed by atoms with van der Waals surface area (Å²) in [4.78, 5) is 0. The van der Waals surface area contributed by atoms with E-state index in [4.69, 9.17) is 5.11 Å². The van der Waals surface area contributed by atoms with Crippen molar-refractivity contribution in [3.05, 3.63) is 6.92 Å². The number of aliphatic hydroxyl groups excluding tert-OH is 1. The summed E-state index contributed by atoms with van der Waals surface area (Å²) in [6.07, 6.45) is 3.48. The average Bonchev–Trinajstić information content (AvgIpc) is 1.61. The van der Waals surface area contributed by atoms with Gasteiger partial charge in [0.25, 0.3) is 0 Å². The average molecular weight is 99.2 g/mol. The molecule has 0 saturated heterocycles. The van der Waals surface area contributed by atoms with E-state index in [1.54, 1.807) is 0 Å². The van der Waals surface area contributed by atoms with Gasteiger partial charge in [0.1, 0.15) is 0 Å². The topological polar surface area (TPSA) is 20.2 Å². The third-order valence-electron chi connectivity index (χ3n) is 1.75. The van der Waals surface area contributed by atoms with Gasteiger partial charge >= 0.3 is 0 Å². The maximum absolute atomic E-state index is 8.58. The molecule has 0 aromatic rings. The third kappa shape index (κ3) is 0.778. The summed E-state index contributed by atoms with van der Waals surface area (Å²) in [7, 11) is 0. The van der Waals surface area contributed by atoms with Gasteiger partial charge in [-0.15, -0.1) is 0 Å². The molecule has 1 fully saturated rings. The second-order valence-corrected chi connectivity index (χ2v) is 2.51. The first-order valence-corrected chi connectivity index (χ1v) is 2.73. The molecule has 1 saturated carbocycles. The van der Waals surface area contributed by atoms with Crippen molar-refractivity contribution in [1.29, 1.82) is 0 Å². The van der Waals surface area contributed by atoms with Crippen molar-refractivity contribution in [2.45, 2.75) is 19.3 Å². The number of hydrogen-bond acceptors (Lipinski definition) is 1. The van der Waals surface area contributed by atoms with Gasteiger partial charge in [-0.05, 0) is 25.2 Å². The van der Waals surface area contributed by atoms with Crippen LogP contribution in [-0.2, 0) is 0 Å². The second-order valence-electron chi connectivity index (χ2n) is 2.51. The van der Waals surface area contributed by atoms with Crippen LogP contribution in [0.2, 0.25) is 0 Å². The zero-order valence-electron chi connectivity index (χ0n) is 4.48. The molecule has 7 heavy (non-hydrogen) atoms. The Morgan fingerprint density at radius 2 is 2.14 bits per heavy atom. The first-order chi connectivity index (χ1) is 3.27. The molecule has 0 amide bonds. The van der Waals surface area contributed by atoms with Gasteiger partial charge in [-0.3, -0.25) is 0 Å². The predicted molar refractivity (Wildman–Crippen MR) is 28.7 cm³/mol. The Morgan fingerprint density at radius 3 is 2.14 bits per heavy atom. The van der Waals surface area contributed by atoms with E-state index in [1.807, 2.05) is 0 Å². The highest BCUT2D eigenvalue weighted by atomic mass is 16.3. The van der Waals surface area contributed by atoms with Gasteiger partial charge in [0.2, 0.25) is 0 Å². The summed E-state index contributed by atoms with van der Waals surface area (Å²) in [6, 6.07) is 0. The zero-order valence-corrected chi connectivity index (χ0v) is 4.48. The van der Waals surface area contributed by atoms with E-state index in [0.717, 1.165) is 12.8 Å². The summed E-state index contributed by atoms with van der Waals surface area (Å²) in [6.45, 7) is 4.11. The standard InChI is InChI=1S/C6H11O/c1-6(5-7)3-2-4-6/h7H,1-5H2. The van der Waals surface area contributed by atoms with Crippen LogP contribution >= 0.6 is 0 Å². The quantitative estimate of drug-likeness (QED) is 0.519. The summed E-state index contributed by atoms with van der Waals surface area (Å²) >= 11 is 0. The monoisotopic (exact) mass is 99.1 g/mol. The molecule has 0 atom stereocenters. The minimum Gasteiger partial charge on any atom is -0.396 e. The number of hydrogen-bond donors (Lipinski definition) is 1. The molecule has 1 aliphatic carbocycles.